The van der Waals surface area contributed by atoms with Crippen LogP contribution in [0.5, 0.6) is 0 Å². The molecule has 236 valence electrons. The van der Waals surface area contributed by atoms with E-state index in [9.17, 15) is 23.5 Å². The monoisotopic (exact) mass is 593 g/mol. The van der Waals surface area contributed by atoms with Gasteiger partial charge in [0.05, 0.1) is 12.7 Å². The van der Waals surface area contributed by atoms with Crippen LogP contribution in [0, 0.1) is 25.5 Å². The van der Waals surface area contributed by atoms with Crippen LogP contribution in [0.15, 0.2) is 36.4 Å². The van der Waals surface area contributed by atoms with E-state index >= 15 is 0 Å². The number of nitrogens with zero attached hydrogens (tertiary/aromatic N) is 2. The second-order valence-corrected chi connectivity index (χ2v) is 10.4. The Kier molecular flexibility index (Phi) is 17.7. The molecule has 0 spiro atoms. The minimum atomic E-state index is -0.656. The summed E-state index contributed by atoms with van der Waals surface area (Å²) in [5.74, 6) is -1.36. The number of carbonyl (C=O) groups is 2. The summed E-state index contributed by atoms with van der Waals surface area (Å²) in [5, 5.41) is 20.2. The molecule has 10 heteroatoms. The van der Waals surface area contributed by atoms with Gasteiger partial charge in [0.25, 0.3) is 11.8 Å². The first-order valence-corrected chi connectivity index (χ1v) is 14.6. The van der Waals surface area contributed by atoms with Crippen LogP contribution in [0.4, 0.5) is 8.78 Å². The fourth-order valence-corrected chi connectivity index (χ4v) is 4.93. The molecule has 2 aromatic carbocycles. The minimum Gasteiger partial charge on any atom is -0.400 e. The lowest BCUT2D eigenvalue weighted by Crippen LogP contribution is -2.43. The summed E-state index contributed by atoms with van der Waals surface area (Å²) in [7, 11) is 2.69. The number of aryl methyl sites for hydroxylation is 2. The Hall–Kier alpha value is -2.92. The molecule has 2 unspecified atom stereocenters. The van der Waals surface area contributed by atoms with Gasteiger partial charge in [-0.25, -0.2) is 8.78 Å². The molecule has 2 atom stereocenters. The van der Waals surface area contributed by atoms with Gasteiger partial charge in [0.15, 0.2) is 0 Å². The molecule has 1 aliphatic rings. The fourth-order valence-electron chi connectivity index (χ4n) is 4.93. The molecule has 0 saturated carbocycles. The van der Waals surface area contributed by atoms with Crippen molar-refractivity contribution in [1.82, 2.24) is 15.1 Å². The number of rotatable bonds is 12. The SMILES string of the molecule is CCCN(CCC)C(=O)c1cc(C)cc(C(=O)NCC(O)CN2CCCC2COC)c1.CO.Cc1cc(F)cc(F)c1. The van der Waals surface area contributed by atoms with E-state index < -0.39 is 17.7 Å². The summed E-state index contributed by atoms with van der Waals surface area (Å²) in [6, 6.07) is 9.01. The third kappa shape index (κ3) is 12.9. The normalized spacial score (nSPS) is 15.1. The highest BCUT2D eigenvalue weighted by Gasteiger charge is 2.26. The lowest BCUT2D eigenvalue weighted by molar-refractivity contribution is 0.0669. The van der Waals surface area contributed by atoms with Gasteiger partial charge in [-0.3, -0.25) is 14.5 Å². The quantitative estimate of drug-likeness (QED) is 0.339. The zero-order chi connectivity index (χ0) is 31.7. The molecule has 1 aliphatic heterocycles. The number of carbonyl (C=O) groups excluding carboxylic acids is 2. The first-order chi connectivity index (χ1) is 20.1. The number of hydrogen-bond donors (Lipinski definition) is 3. The summed E-state index contributed by atoms with van der Waals surface area (Å²) < 4.78 is 29.6. The van der Waals surface area contributed by atoms with Gasteiger partial charge < -0.3 is 25.2 Å². The molecule has 0 bridgehead atoms. The van der Waals surface area contributed by atoms with Gasteiger partial charge in [-0.05, 0) is 87.5 Å². The van der Waals surface area contributed by atoms with E-state index in [4.69, 9.17) is 9.84 Å². The first-order valence-electron chi connectivity index (χ1n) is 14.6. The van der Waals surface area contributed by atoms with Gasteiger partial charge in [-0.15, -0.1) is 0 Å². The predicted octanol–water partition coefficient (Wildman–Crippen LogP) is 4.34. The molecule has 42 heavy (non-hydrogen) atoms. The van der Waals surface area contributed by atoms with Gasteiger partial charge >= 0.3 is 0 Å². The molecular formula is C32H49F2N3O5. The number of halogens is 2. The molecule has 1 saturated heterocycles. The van der Waals surface area contributed by atoms with Crippen LogP contribution in [0.25, 0.3) is 0 Å². The lowest BCUT2D eigenvalue weighted by atomic mass is 10.0. The van der Waals surface area contributed by atoms with E-state index in [-0.39, 0.29) is 18.4 Å². The Morgan fingerprint density at radius 3 is 2.12 bits per heavy atom. The number of aliphatic hydroxyl groups is 2. The molecule has 0 radical (unpaired) electrons. The van der Waals surface area contributed by atoms with Gasteiger partial charge in [0.1, 0.15) is 11.6 Å². The Morgan fingerprint density at radius 1 is 1.00 bits per heavy atom. The highest BCUT2D eigenvalue weighted by Crippen LogP contribution is 2.18. The van der Waals surface area contributed by atoms with Crippen LogP contribution >= 0.6 is 0 Å². The largest absolute Gasteiger partial charge is 0.400 e. The van der Waals surface area contributed by atoms with Crippen LogP contribution in [-0.2, 0) is 4.74 Å². The van der Waals surface area contributed by atoms with Crippen molar-refractivity contribution in [1.29, 1.82) is 0 Å². The molecule has 3 rings (SSSR count). The molecule has 0 aromatic heterocycles. The highest BCUT2D eigenvalue weighted by atomic mass is 19.1. The number of benzene rings is 2. The van der Waals surface area contributed by atoms with Crippen molar-refractivity contribution in [2.75, 3.05) is 53.6 Å². The molecule has 0 aliphatic carbocycles. The number of aliphatic hydroxyl groups excluding tert-OH is 2. The summed E-state index contributed by atoms with van der Waals surface area (Å²) >= 11 is 0. The average molecular weight is 594 g/mol. The number of nitrogens with one attached hydrogen (secondary N) is 1. The number of likely N-dealkylation sites (tertiary alicyclic amines) is 1. The van der Waals surface area contributed by atoms with Gasteiger partial charge in [0.2, 0.25) is 0 Å². The van der Waals surface area contributed by atoms with E-state index in [0.717, 1.165) is 51.0 Å². The maximum absolute atomic E-state index is 12.9. The molecule has 1 heterocycles. The molecular weight excluding hydrogens is 544 g/mol. The minimum absolute atomic E-state index is 0.0419. The second-order valence-electron chi connectivity index (χ2n) is 10.4. The molecule has 3 N–H and O–H groups in total. The Bertz CT molecular complexity index is 1050. The van der Waals surface area contributed by atoms with Crippen molar-refractivity contribution in [2.45, 2.75) is 65.5 Å². The van der Waals surface area contributed by atoms with Gasteiger partial charge in [-0.1, -0.05) is 13.8 Å². The summed E-state index contributed by atoms with van der Waals surface area (Å²) in [4.78, 5) is 29.7. The maximum Gasteiger partial charge on any atom is 0.253 e. The molecule has 1 fully saturated rings. The average Bonchev–Trinajstić information content (AvgIpc) is 3.38. The number of amides is 2. The van der Waals surface area contributed by atoms with E-state index in [1.54, 1.807) is 26.2 Å². The smallest absolute Gasteiger partial charge is 0.253 e. The number of methoxy groups -OCH3 is 1. The number of β-amino-alcohol motifs (C(OH)–C–C–N with tert-alkyl or cyclic N) is 1. The van der Waals surface area contributed by atoms with Crippen LogP contribution in [0.2, 0.25) is 0 Å². The Balaban J connectivity index is 0.000000673. The summed E-state index contributed by atoms with van der Waals surface area (Å²) in [6.07, 6.45) is 3.30. The zero-order valence-electron chi connectivity index (χ0n) is 26.0. The lowest BCUT2D eigenvalue weighted by Gasteiger charge is -2.26. The topological polar surface area (TPSA) is 102 Å². The molecule has 2 aromatic rings. The van der Waals surface area contributed by atoms with E-state index in [0.29, 0.717) is 49.0 Å². The Morgan fingerprint density at radius 2 is 1.57 bits per heavy atom. The van der Waals surface area contributed by atoms with Crippen LogP contribution in [-0.4, -0.2) is 97.5 Å². The van der Waals surface area contributed by atoms with Crippen LogP contribution in [0.3, 0.4) is 0 Å². The standard InChI is InChI=1S/C24H39N3O4.C7H6F2.CH4O/c1-5-9-26(10-6-2)24(30)20-13-18(3)12-19(14-20)23(29)25-15-22(28)16-27-11-7-8-21(27)17-31-4;1-5-2-6(8)4-7(9)3-5;1-2/h12-14,21-22,28H,5-11,15-17H2,1-4H3,(H,25,29);2-4H,1H3;2H,1H3. The van der Waals surface area contributed by atoms with Crippen LogP contribution < -0.4 is 5.32 Å². The number of hydrogen-bond acceptors (Lipinski definition) is 6. The number of ether oxygens (including phenoxy) is 1. The first kappa shape index (κ1) is 37.1. The van der Waals surface area contributed by atoms with Crippen molar-refractivity contribution >= 4 is 11.8 Å². The zero-order valence-corrected chi connectivity index (χ0v) is 26.0. The van der Waals surface area contributed by atoms with Crippen molar-refractivity contribution in [2.24, 2.45) is 0 Å². The second kappa shape index (κ2) is 20.1. The summed E-state index contributed by atoms with van der Waals surface area (Å²) in [6.45, 7) is 11.3. The molecule has 8 nitrogen and oxygen atoms in total. The van der Waals surface area contributed by atoms with Gasteiger partial charge in [-0.2, -0.15) is 0 Å². The maximum atomic E-state index is 12.9. The van der Waals surface area contributed by atoms with Crippen molar-refractivity contribution in [3.8, 4) is 0 Å². The van der Waals surface area contributed by atoms with Crippen molar-refractivity contribution < 1.29 is 33.3 Å². The fraction of sp³-hybridized carbons (Fsp3) is 0.562. The highest BCUT2D eigenvalue weighted by molar-refractivity contribution is 6.00. The van der Waals surface area contributed by atoms with Crippen LogP contribution in [0.1, 0.15) is 71.4 Å². The van der Waals surface area contributed by atoms with Crippen molar-refractivity contribution in [3.63, 3.8) is 0 Å². The summed E-state index contributed by atoms with van der Waals surface area (Å²) in [5.41, 5.74) is 2.45. The van der Waals surface area contributed by atoms with Crippen molar-refractivity contribution in [3.05, 3.63) is 70.3 Å². The van der Waals surface area contributed by atoms with E-state index in [1.807, 2.05) is 17.9 Å². The predicted molar refractivity (Wildman–Crippen MR) is 162 cm³/mol. The Labute approximate surface area is 249 Å². The third-order valence-corrected chi connectivity index (χ3v) is 6.67. The third-order valence-electron chi connectivity index (χ3n) is 6.67. The van der Waals surface area contributed by atoms with E-state index in [2.05, 4.69) is 24.1 Å². The van der Waals surface area contributed by atoms with E-state index in [1.165, 1.54) is 12.1 Å². The molecule has 2 amide bonds. The van der Waals surface area contributed by atoms with Gasteiger partial charge in [0, 0.05) is 63.6 Å².